The molecule has 1 aromatic carbocycles. The molecule has 1 amide bonds. The van der Waals surface area contributed by atoms with Crippen molar-refractivity contribution in [2.75, 3.05) is 0 Å². The van der Waals surface area contributed by atoms with Gasteiger partial charge in [-0.25, -0.2) is 0 Å². The molecule has 2 N–H and O–H groups in total. The van der Waals surface area contributed by atoms with Gasteiger partial charge in [0.15, 0.2) is 0 Å². The van der Waals surface area contributed by atoms with Gasteiger partial charge in [-0.15, -0.1) is 0 Å². The predicted octanol–water partition coefficient (Wildman–Crippen LogP) is 3.20. The van der Waals surface area contributed by atoms with Crippen LogP contribution in [0.1, 0.15) is 42.5 Å². The number of benzene rings is 1. The van der Waals surface area contributed by atoms with Crippen LogP contribution in [0.4, 0.5) is 0 Å². The summed E-state index contributed by atoms with van der Waals surface area (Å²) in [7, 11) is 0. The summed E-state index contributed by atoms with van der Waals surface area (Å²) in [5.41, 5.74) is 1.12. The van der Waals surface area contributed by atoms with Gasteiger partial charge in [0.05, 0.1) is 11.5 Å². The topological polar surface area (TPSA) is 79.5 Å². The maximum Gasteiger partial charge on any atom is 0.308 e. The first-order valence-electron chi connectivity index (χ1n) is 7.66. The van der Waals surface area contributed by atoms with Crippen molar-refractivity contribution in [1.29, 1.82) is 0 Å². The molecule has 22 heavy (non-hydrogen) atoms. The van der Waals surface area contributed by atoms with Crippen LogP contribution in [0.25, 0.3) is 11.0 Å². The number of hydrogen-bond acceptors (Lipinski definition) is 3. The Labute approximate surface area is 128 Å². The van der Waals surface area contributed by atoms with E-state index in [0.717, 1.165) is 24.6 Å². The van der Waals surface area contributed by atoms with Gasteiger partial charge in [0, 0.05) is 11.4 Å². The van der Waals surface area contributed by atoms with E-state index in [1.165, 1.54) is 6.26 Å². The SMILES string of the molecule is O=C(N[C@H]1CCCCC[C@H]1C(=O)O)c1coc2ccccc12. The molecule has 1 heterocycles. The second-order valence-corrected chi connectivity index (χ2v) is 5.81. The number of carbonyl (C=O) groups is 2. The molecular formula is C17H19NO4. The average molecular weight is 301 g/mol. The smallest absolute Gasteiger partial charge is 0.308 e. The average Bonchev–Trinajstić information content (AvgIpc) is 2.80. The van der Waals surface area contributed by atoms with Gasteiger partial charge in [-0.1, -0.05) is 37.5 Å². The lowest BCUT2D eigenvalue weighted by molar-refractivity contribution is -0.142. The zero-order chi connectivity index (χ0) is 15.5. The fourth-order valence-corrected chi connectivity index (χ4v) is 3.18. The van der Waals surface area contributed by atoms with Crippen LogP contribution >= 0.6 is 0 Å². The van der Waals surface area contributed by atoms with Crippen molar-refractivity contribution < 1.29 is 19.1 Å². The van der Waals surface area contributed by atoms with Crippen molar-refractivity contribution in [2.45, 2.75) is 38.1 Å². The van der Waals surface area contributed by atoms with E-state index in [-0.39, 0.29) is 11.9 Å². The zero-order valence-corrected chi connectivity index (χ0v) is 12.2. The van der Waals surface area contributed by atoms with Gasteiger partial charge in [0.1, 0.15) is 11.8 Å². The van der Waals surface area contributed by atoms with Gasteiger partial charge in [0.2, 0.25) is 0 Å². The Morgan fingerprint density at radius 3 is 2.73 bits per heavy atom. The molecule has 5 heteroatoms. The highest BCUT2D eigenvalue weighted by atomic mass is 16.4. The van der Waals surface area contributed by atoms with E-state index in [9.17, 15) is 14.7 Å². The molecule has 116 valence electrons. The van der Waals surface area contributed by atoms with Crippen molar-refractivity contribution >= 4 is 22.8 Å². The number of furan rings is 1. The second kappa shape index (κ2) is 6.22. The van der Waals surface area contributed by atoms with Crippen LogP contribution in [-0.4, -0.2) is 23.0 Å². The summed E-state index contributed by atoms with van der Waals surface area (Å²) < 4.78 is 5.38. The second-order valence-electron chi connectivity index (χ2n) is 5.81. The van der Waals surface area contributed by atoms with E-state index < -0.39 is 11.9 Å². The highest BCUT2D eigenvalue weighted by molar-refractivity contribution is 6.06. The lowest BCUT2D eigenvalue weighted by atomic mass is 9.94. The summed E-state index contributed by atoms with van der Waals surface area (Å²) in [6, 6.07) is 7.01. The number of fused-ring (bicyclic) bond motifs is 1. The van der Waals surface area contributed by atoms with E-state index in [1.807, 2.05) is 18.2 Å². The Balaban J connectivity index is 1.81. The number of rotatable bonds is 3. The highest BCUT2D eigenvalue weighted by Crippen LogP contribution is 2.25. The molecule has 1 aliphatic rings. The van der Waals surface area contributed by atoms with Crippen LogP contribution in [0.2, 0.25) is 0 Å². The summed E-state index contributed by atoms with van der Waals surface area (Å²) in [4.78, 5) is 23.9. The van der Waals surface area contributed by atoms with Crippen LogP contribution in [0.3, 0.4) is 0 Å². The molecule has 1 saturated carbocycles. The van der Waals surface area contributed by atoms with Crippen molar-refractivity contribution in [2.24, 2.45) is 5.92 Å². The Morgan fingerprint density at radius 1 is 1.14 bits per heavy atom. The Hall–Kier alpha value is -2.30. The Morgan fingerprint density at radius 2 is 1.91 bits per heavy atom. The van der Waals surface area contributed by atoms with Gasteiger partial charge >= 0.3 is 5.97 Å². The van der Waals surface area contributed by atoms with Crippen LogP contribution in [-0.2, 0) is 4.79 Å². The van der Waals surface area contributed by atoms with Crippen LogP contribution in [0.5, 0.6) is 0 Å². The van der Waals surface area contributed by atoms with Crippen molar-refractivity contribution in [3.05, 3.63) is 36.1 Å². The lowest BCUT2D eigenvalue weighted by Crippen LogP contribution is -2.42. The number of hydrogen-bond donors (Lipinski definition) is 2. The van der Waals surface area contributed by atoms with E-state index in [1.54, 1.807) is 6.07 Å². The Bertz CT molecular complexity index is 691. The molecule has 3 rings (SSSR count). The quantitative estimate of drug-likeness (QED) is 0.853. The highest BCUT2D eigenvalue weighted by Gasteiger charge is 2.31. The third-order valence-corrected chi connectivity index (χ3v) is 4.38. The number of para-hydroxylation sites is 1. The van der Waals surface area contributed by atoms with E-state index in [4.69, 9.17) is 4.42 Å². The fourth-order valence-electron chi connectivity index (χ4n) is 3.18. The molecule has 2 aromatic rings. The summed E-state index contributed by atoms with van der Waals surface area (Å²) in [6.07, 6.45) is 5.63. The van der Waals surface area contributed by atoms with Gasteiger partial charge < -0.3 is 14.8 Å². The molecule has 0 radical (unpaired) electrons. The van der Waals surface area contributed by atoms with Crippen molar-refractivity contribution in [3.63, 3.8) is 0 Å². The summed E-state index contributed by atoms with van der Waals surface area (Å²) in [5, 5.41) is 13.0. The van der Waals surface area contributed by atoms with Gasteiger partial charge in [0.25, 0.3) is 5.91 Å². The monoisotopic (exact) mass is 301 g/mol. The number of carboxylic acid groups (broad SMARTS) is 1. The fraction of sp³-hybridized carbons (Fsp3) is 0.412. The third kappa shape index (κ3) is 2.84. The lowest BCUT2D eigenvalue weighted by Gasteiger charge is -2.22. The van der Waals surface area contributed by atoms with E-state index >= 15 is 0 Å². The first kappa shape index (κ1) is 14.6. The van der Waals surface area contributed by atoms with Crippen LogP contribution < -0.4 is 5.32 Å². The number of carbonyl (C=O) groups excluding carboxylic acids is 1. The maximum absolute atomic E-state index is 12.5. The normalized spacial score (nSPS) is 22.2. The molecule has 1 aliphatic carbocycles. The minimum atomic E-state index is -0.829. The van der Waals surface area contributed by atoms with Gasteiger partial charge in [-0.3, -0.25) is 9.59 Å². The minimum absolute atomic E-state index is 0.261. The minimum Gasteiger partial charge on any atom is -0.481 e. The number of aliphatic carboxylic acids is 1. The van der Waals surface area contributed by atoms with Crippen LogP contribution in [0, 0.1) is 5.92 Å². The third-order valence-electron chi connectivity index (χ3n) is 4.38. The van der Waals surface area contributed by atoms with Crippen molar-refractivity contribution in [3.8, 4) is 0 Å². The molecule has 5 nitrogen and oxygen atoms in total. The molecule has 1 fully saturated rings. The van der Waals surface area contributed by atoms with Gasteiger partial charge in [-0.05, 0) is 18.9 Å². The standard InChI is InChI=1S/C17H19NO4/c19-16(13-10-22-15-9-5-4-6-11(13)15)18-14-8-3-1-2-7-12(14)17(20)21/h4-6,9-10,12,14H,1-3,7-8H2,(H,18,19)(H,20,21)/t12-,14+/m1/s1. The molecule has 1 aromatic heterocycles. The molecular weight excluding hydrogens is 282 g/mol. The largest absolute Gasteiger partial charge is 0.481 e. The van der Waals surface area contributed by atoms with Crippen LogP contribution in [0.15, 0.2) is 34.9 Å². The molecule has 0 spiro atoms. The summed E-state index contributed by atoms with van der Waals surface area (Å²) in [5.74, 6) is -1.60. The number of amides is 1. The molecule has 0 aliphatic heterocycles. The molecule has 0 saturated heterocycles. The maximum atomic E-state index is 12.5. The van der Waals surface area contributed by atoms with Crippen molar-refractivity contribution in [1.82, 2.24) is 5.32 Å². The van der Waals surface area contributed by atoms with Gasteiger partial charge in [-0.2, -0.15) is 0 Å². The summed E-state index contributed by atoms with van der Waals surface area (Å²) >= 11 is 0. The molecule has 2 atom stereocenters. The number of carboxylic acids is 1. The Kier molecular flexibility index (Phi) is 4.13. The number of nitrogens with one attached hydrogen (secondary N) is 1. The summed E-state index contributed by atoms with van der Waals surface area (Å²) in [6.45, 7) is 0. The molecule has 0 unspecified atom stereocenters. The zero-order valence-electron chi connectivity index (χ0n) is 12.2. The van der Waals surface area contributed by atoms with E-state index in [2.05, 4.69) is 5.32 Å². The first-order chi connectivity index (χ1) is 10.7. The predicted molar refractivity (Wildman–Crippen MR) is 81.7 cm³/mol. The van der Waals surface area contributed by atoms with E-state index in [0.29, 0.717) is 24.0 Å². The first-order valence-corrected chi connectivity index (χ1v) is 7.66. The molecule has 0 bridgehead atoms.